The molecule has 2 aromatic rings. The summed E-state index contributed by atoms with van der Waals surface area (Å²) in [5.41, 5.74) is 1.11. The third kappa shape index (κ3) is 3.60. The molecule has 0 radical (unpaired) electrons. The van der Waals surface area contributed by atoms with Crippen LogP contribution in [-0.2, 0) is 23.2 Å². The number of ether oxygens (including phenoxy) is 1. The van der Waals surface area contributed by atoms with Crippen molar-refractivity contribution in [1.82, 2.24) is 4.72 Å². The second-order valence-corrected chi connectivity index (χ2v) is 6.14. The Hall–Kier alpha value is -1.89. The van der Waals surface area contributed by atoms with Gasteiger partial charge in [0.1, 0.15) is 5.75 Å². The smallest absolute Gasteiger partial charge is 0.241 e. The van der Waals surface area contributed by atoms with Crippen LogP contribution in [-0.4, -0.2) is 20.6 Å². The van der Waals surface area contributed by atoms with Crippen molar-refractivity contribution in [2.45, 2.75) is 18.0 Å². The number of sulfonamides is 1. The summed E-state index contributed by atoms with van der Waals surface area (Å²) in [5, 5.41) is 9.24. The number of hydrogen-bond acceptors (Lipinski definition) is 4. The van der Waals surface area contributed by atoms with Gasteiger partial charge in [0.25, 0.3) is 0 Å². The number of nitrogens with one attached hydrogen (secondary N) is 1. The zero-order chi connectivity index (χ0) is 15.3. The maximum atomic E-state index is 12.3. The molecule has 0 saturated heterocycles. The second kappa shape index (κ2) is 6.71. The number of para-hydroxylation sites is 1. The van der Waals surface area contributed by atoms with Crippen LogP contribution in [0.25, 0.3) is 0 Å². The molecular formula is C15H17NO4S. The summed E-state index contributed by atoms with van der Waals surface area (Å²) in [6.07, 6.45) is 0. The largest absolute Gasteiger partial charge is 0.496 e. The average Bonchev–Trinajstić information content (AvgIpc) is 2.53. The first-order chi connectivity index (χ1) is 10.1. The third-order valence-electron chi connectivity index (χ3n) is 3.08. The lowest BCUT2D eigenvalue weighted by molar-refractivity contribution is 0.278. The van der Waals surface area contributed by atoms with Crippen LogP contribution in [0.3, 0.4) is 0 Å². The number of aliphatic hydroxyl groups is 1. The fraction of sp³-hybridized carbons (Fsp3) is 0.200. The summed E-state index contributed by atoms with van der Waals surface area (Å²) >= 11 is 0. The minimum atomic E-state index is -3.69. The Morgan fingerprint density at radius 3 is 2.33 bits per heavy atom. The van der Waals surface area contributed by atoms with E-state index in [2.05, 4.69) is 4.72 Å². The van der Waals surface area contributed by atoms with Crippen LogP contribution in [0.2, 0.25) is 0 Å². The zero-order valence-electron chi connectivity index (χ0n) is 11.6. The van der Waals surface area contributed by atoms with E-state index in [1.54, 1.807) is 30.3 Å². The molecule has 0 heterocycles. The number of rotatable bonds is 6. The van der Waals surface area contributed by atoms with Crippen LogP contribution in [0, 0.1) is 0 Å². The number of benzene rings is 2. The Kier molecular flexibility index (Phi) is 4.95. The Morgan fingerprint density at radius 1 is 1.05 bits per heavy atom. The van der Waals surface area contributed by atoms with E-state index >= 15 is 0 Å². The van der Waals surface area contributed by atoms with Gasteiger partial charge < -0.3 is 9.84 Å². The standard InChI is InChI=1S/C15H17NO4S/c1-20-14-8-4-2-6-12(14)10-16-21(18,19)15-9-5-3-7-13(15)11-17/h2-9,16-17H,10-11H2,1H3. The van der Waals surface area contributed by atoms with Crippen LogP contribution in [0.1, 0.15) is 11.1 Å². The van der Waals surface area contributed by atoms with Gasteiger partial charge in [-0.2, -0.15) is 0 Å². The van der Waals surface area contributed by atoms with Crippen LogP contribution >= 0.6 is 0 Å². The van der Waals surface area contributed by atoms with E-state index in [4.69, 9.17) is 4.74 Å². The first-order valence-corrected chi connectivity index (χ1v) is 7.87. The van der Waals surface area contributed by atoms with Gasteiger partial charge in [-0.15, -0.1) is 0 Å². The normalized spacial score (nSPS) is 11.3. The maximum absolute atomic E-state index is 12.3. The summed E-state index contributed by atoms with van der Waals surface area (Å²) in [6, 6.07) is 13.5. The van der Waals surface area contributed by atoms with Gasteiger partial charge in [0.2, 0.25) is 10.0 Å². The highest BCUT2D eigenvalue weighted by atomic mass is 32.2. The van der Waals surface area contributed by atoms with Gasteiger partial charge >= 0.3 is 0 Å². The van der Waals surface area contributed by atoms with Gasteiger partial charge in [-0.05, 0) is 17.7 Å². The maximum Gasteiger partial charge on any atom is 0.241 e. The minimum absolute atomic E-state index is 0.0856. The molecule has 0 bridgehead atoms. The molecule has 0 aliphatic heterocycles. The highest BCUT2D eigenvalue weighted by Gasteiger charge is 2.17. The molecule has 2 N–H and O–H groups in total. The Balaban J connectivity index is 2.22. The van der Waals surface area contributed by atoms with Crippen LogP contribution in [0.15, 0.2) is 53.4 Å². The van der Waals surface area contributed by atoms with E-state index in [-0.39, 0.29) is 18.0 Å². The molecule has 0 atom stereocenters. The van der Waals surface area contributed by atoms with Crippen LogP contribution < -0.4 is 9.46 Å². The lowest BCUT2D eigenvalue weighted by atomic mass is 10.2. The summed E-state index contributed by atoms with van der Waals surface area (Å²) in [4.78, 5) is 0.0856. The van der Waals surface area contributed by atoms with Crippen molar-refractivity contribution < 1.29 is 18.3 Å². The van der Waals surface area contributed by atoms with Crippen molar-refractivity contribution >= 4 is 10.0 Å². The monoisotopic (exact) mass is 307 g/mol. The SMILES string of the molecule is COc1ccccc1CNS(=O)(=O)c1ccccc1CO. The summed E-state index contributed by atoms with van der Waals surface area (Å²) in [7, 11) is -2.16. The topological polar surface area (TPSA) is 75.6 Å². The molecule has 0 unspecified atom stereocenters. The van der Waals surface area contributed by atoms with Crippen LogP contribution in [0.5, 0.6) is 5.75 Å². The summed E-state index contributed by atoms with van der Waals surface area (Å²) in [5.74, 6) is 0.621. The van der Waals surface area contributed by atoms with Crippen molar-refractivity contribution in [3.63, 3.8) is 0 Å². The van der Waals surface area contributed by atoms with E-state index < -0.39 is 10.0 Å². The van der Waals surface area contributed by atoms with E-state index in [0.717, 1.165) is 5.56 Å². The van der Waals surface area contributed by atoms with Gasteiger partial charge in [-0.3, -0.25) is 0 Å². The summed E-state index contributed by atoms with van der Waals surface area (Å²) in [6.45, 7) is -0.210. The predicted molar refractivity (Wildman–Crippen MR) is 79.4 cm³/mol. The molecule has 0 saturated carbocycles. The molecule has 2 aromatic carbocycles. The van der Waals surface area contributed by atoms with Gasteiger partial charge in [0.15, 0.2) is 0 Å². The fourth-order valence-corrected chi connectivity index (χ4v) is 3.23. The van der Waals surface area contributed by atoms with Gasteiger partial charge in [-0.25, -0.2) is 13.1 Å². The molecule has 2 rings (SSSR count). The average molecular weight is 307 g/mol. The Labute approximate surface area is 124 Å². The van der Waals surface area contributed by atoms with Crippen molar-refractivity contribution in [3.8, 4) is 5.75 Å². The zero-order valence-corrected chi connectivity index (χ0v) is 12.4. The summed E-state index contributed by atoms with van der Waals surface area (Å²) < 4.78 is 32.4. The molecule has 0 fully saturated rings. The predicted octanol–water partition coefficient (Wildman–Crippen LogP) is 1.67. The van der Waals surface area contributed by atoms with Gasteiger partial charge in [-0.1, -0.05) is 36.4 Å². The number of aliphatic hydroxyl groups excluding tert-OH is 1. The molecule has 6 heteroatoms. The van der Waals surface area contributed by atoms with Crippen molar-refractivity contribution in [2.75, 3.05) is 7.11 Å². The number of methoxy groups -OCH3 is 1. The molecule has 0 aromatic heterocycles. The molecule has 0 amide bonds. The quantitative estimate of drug-likeness (QED) is 0.851. The second-order valence-electron chi connectivity index (χ2n) is 4.40. The Bertz CT molecular complexity index is 713. The molecule has 0 aliphatic carbocycles. The highest BCUT2D eigenvalue weighted by molar-refractivity contribution is 7.89. The number of hydrogen-bond donors (Lipinski definition) is 2. The highest BCUT2D eigenvalue weighted by Crippen LogP contribution is 2.19. The lowest BCUT2D eigenvalue weighted by Crippen LogP contribution is -2.24. The fourth-order valence-electron chi connectivity index (χ4n) is 2.00. The van der Waals surface area contributed by atoms with E-state index in [0.29, 0.717) is 11.3 Å². The lowest BCUT2D eigenvalue weighted by Gasteiger charge is -2.12. The van der Waals surface area contributed by atoms with Crippen molar-refractivity contribution in [2.24, 2.45) is 0 Å². The minimum Gasteiger partial charge on any atom is -0.496 e. The molecule has 21 heavy (non-hydrogen) atoms. The molecular weight excluding hydrogens is 290 g/mol. The van der Waals surface area contributed by atoms with Gasteiger partial charge in [0, 0.05) is 12.1 Å². The van der Waals surface area contributed by atoms with Gasteiger partial charge in [0.05, 0.1) is 18.6 Å². The molecule has 0 aliphatic rings. The van der Waals surface area contributed by atoms with E-state index in [1.807, 2.05) is 12.1 Å². The molecule has 0 spiro atoms. The first kappa shape index (κ1) is 15.5. The van der Waals surface area contributed by atoms with Crippen molar-refractivity contribution in [3.05, 3.63) is 59.7 Å². The van der Waals surface area contributed by atoms with E-state index in [1.165, 1.54) is 13.2 Å². The molecule has 112 valence electrons. The Morgan fingerprint density at radius 2 is 1.67 bits per heavy atom. The van der Waals surface area contributed by atoms with Crippen LogP contribution in [0.4, 0.5) is 0 Å². The molecule has 5 nitrogen and oxygen atoms in total. The van der Waals surface area contributed by atoms with Crippen molar-refractivity contribution in [1.29, 1.82) is 0 Å². The first-order valence-electron chi connectivity index (χ1n) is 6.39. The van der Waals surface area contributed by atoms with E-state index in [9.17, 15) is 13.5 Å². The third-order valence-corrected chi connectivity index (χ3v) is 4.58.